The summed E-state index contributed by atoms with van der Waals surface area (Å²) in [6.45, 7) is 7.31. The molecule has 0 atom stereocenters. The first kappa shape index (κ1) is 13.8. The molecule has 1 heteroatoms. The molecule has 0 radical (unpaired) electrons. The third-order valence-corrected chi connectivity index (χ3v) is 2.96. The van der Waals surface area contributed by atoms with Gasteiger partial charge in [-0.2, -0.15) is 0 Å². The zero-order chi connectivity index (χ0) is 12.3. The minimum absolute atomic E-state index is 0.997. The summed E-state index contributed by atoms with van der Waals surface area (Å²) in [5.41, 5.74) is 2.58. The number of allylic oxidation sites excluding steroid dienone is 1. The molecule has 0 saturated carbocycles. The summed E-state index contributed by atoms with van der Waals surface area (Å²) < 4.78 is 0. The molecule has 0 amide bonds. The quantitative estimate of drug-likeness (QED) is 0.625. The maximum absolute atomic E-state index is 4.07. The van der Waals surface area contributed by atoms with E-state index in [-0.39, 0.29) is 0 Å². The summed E-state index contributed by atoms with van der Waals surface area (Å²) in [5, 5.41) is 3.41. The van der Waals surface area contributed by atoms with Crippen LogP contribution in [0.15, 0.2) is 42.6 Å². The highest BCUT2D eigenvalue weighted by atomic mass is 14.9. The molecule has 94 valence electrons. The number of benzene rings is 1. The monoisotopic (exact) mass is 231 g/mol. The molecule has 0 unspecified atom stereocenters. The lowest BCUT2D eigenvalue weighted by molar-refractivity contribution is 0.638. The highest BCUT2D eigenvalue weighted by Crippen LogP contribution is 2.06. The lowest BCUT2D eigenvalue weighted by Gasteiger charge is -2.09. The number of hydrogen-bond donors (Lipinski definition) is 1. The summed E-state index contributed by atoms with van der Waals surface area (Å²) in [6, 6.07) is 10.6. The van der Waals surface area contributed by atoms with Crippen molar-refractivity contribution in [2.45, 2.75) is 45.4 Å². The Labute approximate surface area is 106 Å². The fraction of sp³-hybridized carbons (Fsp3) is 0.500. The number of hydrogen-bond acceptors (Lipinski definition) is 1. The Morgan fingerprint density at radius 2 is 1.88 bits per heavy atom. The van der Waals surface area contributed by atoms with Gasteiger partial charge >= 0.3 is 0 Å². The Hall–Kier alpha value is -1.24. The van der Waals surface area contributed by atoms with E-state index in [0.717, 1.165) is 19.4 Å². The van der Waals surface area contributed by atoms with Crippen molar-refractivity contribution in [1.82, 2.24) is 5.32 Å². The molecule has 1 aromatic rings. The van der Waals surface area contributed by atoms with Gasteiger partial charge < -0.3 is 5.32 Å². The largest absolute Gasteiger partial charge is 0.388 e. The predicted octanol–water partition coefficient (Wildman–Crippen LogP) is 4.30. The summed E-state index contributed by atoms with van der Waals surface area (Å²) in [6.07, 6.45) is 7.44. The van der Waals surface area contributed by atoms with E-state index in [2.05, 4.69) is 49.2 Å². The molecule has 1 rings (SSSR count). The Morgan fingerprint density at radius 1 is 1.12 bits per heavy atom. The third kappa shape index (κ3) is 6.83. The normalized spacial score (nSPS) is 10.2. The van der Waals surface area contributed by atoms with Crippen molar-refractivity contribution in [2.24, 2.45) is 0 Å². The molecule has 0 saturated heterocycles. The smallest absolute Gasteiger partial charge is 0.0184 e. The van der Waals surface area contributed by atoms with Gasteiger partial charge in [-0.25, -0.2) is 0 Å². The van der Waals surface area contributed by atoms with E-state index in [9.17, 15) is 0 Å². The van der Waals surface area contributed by atoms with Crippen molar-refractivity contribution >= 4 is 0 Å². The molecule has 1 aromatic carbocycles. The van der Waals surface area contributed by atoms with Gasteiger partial charge in [0.25, 0.3) is 0 Å². The fourth-order valence-electron chi connectivity index (χ4n) is 1.88. The van der Waals surface area contributed by atoms with Crippen molar-refractivity contribution in [2.75, 3.05) is 6.54 Å². The molecular weight excluding hydrogens is 206 g/mol. The molecule has 0 spiro atoms. The van der Waals surface area contributed by atoms with Crippen LogP contribution in [0.5, 0.6) is 0 Å². The van der Waals surface area contributed by atoms with Crippen LogP contribution in [-0.2, 0) is 6.42 Å². The number of nitrogens with one attached hydrogen (secondary N) is 1. The molecule has 0 aliphatic carbocycles. The van der Waals surface area contributed by atoms with Gasteiger partial charge in [-0.3, -0.25) is 0 Å². The van der Waals surface area contributed by atoms with E-state index >= 15 is 0 Å². The molecule has 1 nitrogen and oxygen atoms in total. The summed E-state index contributed by atoms with van der Waals surface area (Å²) in [5.74, 6) is 0. The number of rotatable bonds is 9. The standard InChI is InChI=1S/C16H25N/c1-3-4-5-7-10-15(2)17-14-13-16-11-8-6-9-12-16/h6,8-9,11-12,17H,2-5,7,10,13-14H2,1H3. The van der Waals surface area contributed by atoms with Crippen LogP contribution in [0, 0.1) is 0 Å². The van der Waals surface area contributed by atoms with Crippen molar-refractivity contribution in [3.8, 4) is 0 Å². The zero-order valence-electron chi connectivity index (χ0n) is 11.0. The molecule has 0 fully saturated rings. The molecule has 0 aliphatic heterocycles. The van der Waals surface area contributed by atoms with Crippen molar-refractivity contribution in [1.29, 1.82) is 0 Å². The van der Waals surface area contributed by atoms with Gasteiger partial charge in [0, 0.05) is 12.2 Å². The highest BCUT2D eigenvalue weighted by molar-refractivity contribution is 5.15. The predicted molar refractivity (Wildman–Crippen MR) is 76.0 cm³/mol. The minimum atomic E-state index is 0.997. The van der Waals surface area contributed by atoms with E-state index < -0.39 is 0 Å². The average molecular weight is 231 g/mol. The summed E-state index contributed by atoms with van der Waals surface area (Å²) in [4.78, 5) is 0. The zero-order valence-corrected chi connectivity index (χ0v) is 11.0. The lowest BCUT2D eigenvalue weighted by Crippen LogP contribution is -2.15. The molecule has 0 bridgehead atoms. The maximum Gasteiger partial charge on any atom is 0.0184 e. The Balaban J connectivity index is 2.04. The van der Waals surface area contributed by atoms with Gasteiger partial charge in [-0.05, 0) is 24.8 Å². The lowest BCUT2D eigenvalue weighted by atomic mass is 10.1. The van der Waals surface area contributed by atoms with Crippen molar-refractivity contribution in [3.63, 3.8) is 0 Å². The first-order valence-corrected chi connectivity index (χ1v) is 6.78. The van der Waals surface area contributed by atoms with Crippen LogP contribution in [0.25, 0.3) is 0 Å². The summed E-state index contributed by atoms with van der Waals surface area (Å²) in [7, 11) is 0. The molecular formula is C16H25N. The SMILES string of the molecule is C=C(CCCCCC)NCCc1ccccc1. The van der Waals surface area contributed by atoms with Gasteiger partial charge in [-0.15, -0.1) is 0 Å². The first-order chi connectivity index (χ1) is 8.33. The van der Waals surface area contributed by atoms with E-state index in [1.54, 1.807) is 0 Å². The van der Waals surface area contributed by atoms with Crippen LogP contribution < -0.4 is 5.32 Å². The van der Waals surface area contributed by atoms with Crippen LogP contribution in [0.3, 0.4) is 0 Å². The number of unbranched alkanes of at least 4 members (excludes halogenated alkanes) is 3. The van der Waals surface area contributed by atoms with Gasteiger partial charge in [0.2, 0.25) is 0 Å². The Kier molecular flexibility index (Phi) is 7.20. The maximum atomic E-state index is 4.07. The van der Waals surface area contributed by atoms with Crippen LogP contribution in [-0.4, -0.2) is 6.54 Å². The second-order valence-corrected chi connectivity index (χ2v) is 4.58. The highest BCUT2D eigenvalue weighted by Gasteiger charge is 1.95. The van der Waals surface area contributed by atoms with Gasteiger partial charge in [0.05, 0.1) is 0 Å². The van der Waals surface area contributed by atoms with Gasteiger partial charge in [0.1, 0.15) is 0 Å². The molecule has 17 heavy (non-hydrogen) atoms. The molecule has 1 N–H and O–H groups in total. The fourth-order valence-corrected chi connectivity index (χ4v) is 1.88. The van der Waals surface area contributed by atoms with E-state index in [0.29, 0.717) is 0 Å². The second kappa shape index (κ2) is 8.86. The van der Waals surface area contributed by atoms with Crippen LogP contribution in [0.2, 0.25) is 0 Å². The van der Waals surface area contributed by atoms with Crippen molar-refractivity contribution in [3.05, 3.63) is 48.2 Å². The third-order valence-electron chi connectivity index (χ3n) is 2.96. The average Bonchev–Trinajstić information content (AvgIpc) is 2.36. The first-order valence-electron chi connectivity index (χ1n) is 6.78. The second-order valence-electron chi connectivity index (χ2n) is 4.58. The summed E-state index contributed by atoms with van der Waals surface area (Å²) >= 11 is 0. The van der Waals surface area contributed by atoms with Crippen molar-refractivity contribution < 1.29 is 0 Å². The topological polar surface area (TPSA) is 12.0 Å². The molecule has 0 heterocycles. The van der Waals surface area contributed by atoms with Gasteiger partial charge in [-0.1, -0.05) is 63.1 Å². The van der Waals surface area contributed by atoms with E-state index in [1.165, 1.54) is 36.9 Å². The molecule has 0 aromatic heterocycles. The van der Waals surface area contributed by atoms with E-state index in [1.807, 2.05) is 0 Å². The van der Waals surface area contributed by atoms with E-state index in [4.69, 9.17) is 0 Å². The Morgan fingerprint density at radius 3 is 2.59 bits per heavy atom. The minimum Gasteiger partial charge on any atom is -0.388 e. The van der Waals surface area contributed by atoms with Gasteiger partial charge in [0.15, 0.2) is 0 Å². The molecule has 0 aliphatic rings. The van der Waals surface area contributed by atoms with Crippen LogP contribution in [0.1, 0.15) is 44.6 Å². The Bertz CT molecular complexity index is 303. The van der Waals surface area contributed by atoms with Crippen LogP contribution >= 0.6 is 0 Å². The van der Waals surface area contributed by atoms with Crippen LogP contribution in [0.4, 0.5) is 0 Å².